The number of nitrogens with one attached hydrogen (secondary N) is 1. The minimum atomic E-state index is 0.464. The van der Waals surface area contributed by atoms with Gasteiger partial charge in [0.25, 0.3) is 0 Å². The Morgan fingerprint density at radius 1 is 0.667 bits per heavy atom. The molecule has 1 N–H and O–H groups in total. The first kappa shape index (κ1) is 22.0. The highest BCUT2D eigenvalue weighted by Crippen LogP contribution is 2.54. The highest BCUT2D eigenvalue weighted by atomic mass is 32.1. The van der Waals surface area contributed by atoms with Gasteiger partial charge in [-0.15, -0.1) is 0 Å². The summed E-state index contributed by atoms with van der Waals surface area (Å²) in [6, 6.07) is 24.8. The summed E-state index contributed by atoms with van der Waals surface area (Å²) in [5, 5.41) is 3.96. The van der Waals surface area contributed by atoms with E-state index < -0.39 is 0 Å². The number of thiol groups is 1. The molecule has 4 bridgehead atoms. The van der Waals surface area contributed by atoms with Crippen LogP contribution in [0.25, 0.3) is 0 Å². The standard InChI is InChI=1S/C34H37NS/c36-19-33-26-4-2-1-3-20(26)9-12-28(33)23-11-14-29-31(15-23)25-17-32(34(29)35-18-25)24-10-13-27-21-5-7-22(8-6-21)30(27)16-24/h1-4,10-11,13-16,21-22,25,28,32-36H,5-9,12,17-19H2. The maximum absolute atomic E-state index is 4.83. The summed E-state index contributed by atoms with van der Waals surface area (Å²) in [5.74, 6) is 4.94. The second-order valence-corrected chi connectivity index (χ2v) is 12.7. The van der Waals surface area contributed by atoms with Gasteiger partial charge in [0.15, 0.2) is 0 Å². The van der Waals surface area contributed by atoms with Crippen LogP contribution in [0.4, 0.5) is 0 Å². The number of fused-ring (bicyclic) bond motifs is 5. The fourth-order valence-corrected chi connectivity index (χ4v) is 9.48. The molecule has 5 unspecified atom stereocenters. The Labute approximate surface area is 221 Å². The normalized spacial score (nSPS) is 33.6. The lowest BCUT2D eigenvalue weighted by Crippen LogP contribution is -2.43. The Kier molecular flexibility index (Phi) is 5.19. The maximum Gasteiger partial charge on any atom is 0.0392 e. The zero-order valence-corrected chi connectivity index (χ0v) is 22.0. The molecular weight excluding hydrogens is 454 g/mol. The van der Waals surface area contributed by atoms with Crippen molar-refractivity contribution in [3.05, 3.63) is 105 Å². The van der Waals surface area contributed by atoms with Gasteiger partial charge < -0.3 is 5.32 Å². The van der Waals surface area contributed by atoms with E-state index in [1.165, 1.54) is 56.1 Å². The molecule has 1 nitrogen and oxygen atoms in total. The minimum absolute atomic E-state index is 0.464. The Morgan fingerprint density at radius 3 is 2.17 bits per heavy atom. The van der Waals surface area contributed by atoms with Gasteiger partial charge in [0.2, 0.25) is 0 Å². The van der Waals surface area contributed by atoms with Gasteiger partial charge in [-0.3, -0.25) is 0 Å². The van der Waals surface area contributed by atoms with Crippen molar-refractivity contribution >= 4 is 12.6 Å². The Morgan fingerprint density at radius 2 is 1.36 bits per heavy atom. The molecule has 1 saturated heterocycles. The van der Waals surface area contributed by atoms with Crippen LogP contribution in [0.3, 0.4) is 0 Å². The first-order chi connectivity index (χ1) is 17.8. The maximum atomic E-state index is 4.83. The van der Waals surface area contributed by atoms with E-state index in [1.54, 1.807) is 33.4 Å². The van der Waals surface area contributed by atoms with E-state index in [0.717, 1.165) is 24.1 Å². The van der Waals surface area contributed by atoms with Gasteiger partial charge in [-0.05, 0) is 125 Å². The average Bonchev–Trinajstić information content (AvgIpc) is 2.97. The van der Waals surface area contributed by atoms with E-state index in [0.29, 0.717) is 29.7 Å². The molecule has 2 heteroatoms. The molecule has 7 aliphatic rings. The van der Waals surface area contributed by atoms with Crippen molar-refractivity contribution in [2.45, 2.75) is 86.5 Å². The molecule has 3 aromatic carbocycles. The van der Waals surface area contributed by atoms with Crippen LogP contribution < -0.4 is 5.32 Å². The molecule has 5 atom stereocenters. The third-order valence-electron chi connectivity index (χ3n) is 10.8. The van der Waals surface area contributed by atoms with E-state index in [9.17, 15) is 0 Å². The monoisotopic (exact) mass is 491 g/mol. The van der Waals surface area contributed by atoms with E-state index in [1.807, 2.05) is 0 Å². The molecule has 1 saturated carbocycles. The van der Waals surface area contributed by atoms with Crippen molar-refractivity contribution in [2.75, 3.05) is 12.3 Å². The number of piperidine rings is 1. The number of aryl methyl sites for hydroxylation is 1. The lowest BCUT2D eigenvalue weighted by molar-refractivity contribution is 0.292. The van der Waals surface area contributed by atoms with Gasteiger partial charge in [-0.25, -0.2) is 0 Å². The van der Waals surface area contributed by atoms with Crippen molar-refractivity contribution in [3.63, 3.8) is 0 Å². The molecule has 5 aliphatic carbocycles. The molecule has 0 amide bonds. The van der Waals surface area contributed by atoms with Crippen LogP contribution in [-0.2, 0) is 6.42 Å². The lowest BCUT2D eigenvalue weighted by atomic mass is 9.64. The van der Waals surface area contributed by atoms with Gasteiger partial charge in [0.1, 0.15) is 0 Å². The first-order valence-electron chi connectivity index (χ1n) is 14.5. The van der Waals surface area contributed by atoms with Crippen molar-refractivity contribution in [1.82, 2.24) is 5.32 Å². The third-order valence-corrected chi connectivity index (χ3v) is 11.2. The molecule has 10 rings (SSSR count). The number of benzene rings is 3. The smallest absolute Gasteiger partial charge is 0.0392 e. The topological polar surface area (TPSA) is 12.0 Å². The zero-order chi connectivity index (χ0) is 23.8. The highest BCUT2D eigenvalue weighted by Gasteiger charge is 2.42. The molecule has 2 heterocycles. The molecule has 0 radical (unpaired) electrons. The largest absolute Gasteiger partial charge is 0.309 e. The predicted octanol–water partition coefficient (Wildman–Crippen LogP) is 8.10. The first-order valence-corrected chi connectivity index (χ1v) is 15.1. The van der Waals surface area contributed by atoms with E-state index in [4.69, 9.17) is 12.6 Å². The summed E-state index contributed by atoms with van der Waals surface area (Å²) in [6.07, 6.45) is 9.41. The van der Waals surface area contributed by atoms with Crippen molar-refractivity contribution in [1.29, 1.82) is 0 Å². The number of rotatable bonds is 3. The summed E-state index contributed by atoms with van der Waals surface area (Å²) in [6.45, 7) is 1.14. The molecule has 0 aromatic heterocycles. The van der Waals surface area contributed by atoms with Crippen molar-refractivity contribution in [2.24, 2.45) is 0 Å². The van der Waals surface area contributed by atoms with Gasteiger partial charge >= 0.3 is 0 Å². The zero-order valence-electron chi connectivity index (χ0n) is 21.1. The Hall–Kier alpha value is -2.03. The summed E-state index contributed by atoms with van der Waals surface area (Å²) >= 11 is 4.83. The van der Waals surface area contributed by atoms with E-state index in [-0.39, 0.29) is 0 Å². The van der Waals surface area contributed by atoms with Crippen molar-refractivity contribution in [3.8, 4) is 0 Å². The Bertz CT molecular complexity index is 1320. The van der Waals surface area contributed by atoms with Crippen molar-refractivity contribution < 1.29 is 0 Å². The number of hydrogen-bond acceptors (Lipinski definition) is 2. The fraction of sp³-hybridized carbons (Fsp3) is 0.471. The molecular formula is C34H37NS. The Balaban J connectivity index is 1.12. The third kappa shape index (κ3) is 3.26. The molecule has 2 fully saturated rings. The molecule has 2 aliphatic heterocycles. The highest BCUT2D eigenvalue weighted by molar-refractivity contribution is 7.80. The summed E-state index contributed by atoms with van der Waals surface area (Å²) in [4.78, 5) is 0. The van der Waals surface area contributed by atoms with E-state index >= 15 is 0 Å². The van der Waals surface area contributed by atoms with Gasteiger partial charge in [-0.1, -0.05) is 60.7 Å². The van der Waals surface area contributed by atoms with Crippen LogP contribution in [0.15, 0.2) is 60.7 Å². The van der Waals surface area contributed by atoms with Crippen LogP contribution in [0.5, 0.6) is 0 Å². The fourth-order valence-electron chi connectivity index (χ4n) is 9.03. The van der Waals surface area contributed by atoms with E-state index in [2.05, 4.69) is 66.0 Å². The second-order valence-electron chi connectivity index (χ2n) is 12.4. The average molecular weight is 492 g/mol. The predicted molar refractivity (Wildman–Crippen MR) is 152 cm³/mol. The summed E-state index contributed by atoms with van der Waals surface area (Å²) in [5.41, 5.74) is 12.8. The molecule has 0 spiro atoms. The molecule has 36 heavy (non-hydrogen) atoms. The van der Waals surface area contributed by atoms with Gasteiger partial charge in [0, 0.05) is 18.5 Å². The molecule has 3 aromatic rings. The van der Waals surface area contributed by atoms with Crippen LogP contribution in [-0.4, -0.2) is 12.3 Å². The SMILES string of the molecule is SCC1c2ccccc2CCC1c1ccc2c(c1)C1CNC2C(c2ccc3c(c2)C2CCC3CC2)C1. The lowest BCUT2D eigenvalue weighted by Gasteiger charge is -2.46. The van der Waals surface area contributed by atoms with Gasteiger partial charge in [0.05, 0.1) is 0 Å². The van der Waals surface area contributed by atoms with Crippen LogP contribution in [0.1, 0.15) is 125 Å². The summed E-state index contributed by atoms with van der Waals surface area (Å²) in [7, 11) is 0. The quantitative estimate of drug-likeness (QED) is 0.353. The molecule has 184 valence electrons. The number of hydrogen-bond donors (Lipinski definition) is 2. The van der Waals surface area contributed by atoms with Crippen LogP contribution in [0, 0.1) is 0 Å². The van der Waals surface area contributed by atoms with Gasteiger partial charge in [-0.2, -0.15) is 12.6 Å². The van der Waals surface area contributed by atoms with Crippen LogP contribution in [0.2, 0.25) is 0 Å². The minimum Gasteiger partial charge on any atom is -0.309 e. The second kappa shape index (κ2) is 8.50. The van der Waals surface area contributed by atoms with Crippen LogP contribution >= 0.6 is 12.6 Å². The summed E-state index contributed by atoms with van der Waals surface area (Å²) < 4.78 is 0.